The van der Waals surface area contributed by atoms with Gasteiger partial charge >= 0.3 is 0 Å². The van der Waals surface area contributed by atoms with Crippen molar-refractivity contribution in [2.24, 2.45) is 0 Å². The van der Waals surface area contributed by atoms with Crippen LogP contribution in [0.5, 0.6) is 5.75 Å². The number of para-hydroxylation sites is 2. The zero-order valence-electron chi connectivity index (χ0n) is 20.4. The van der Waals surface area contributed by atoms with Gasteiger partial charge in [0.15, 0.2) is 5.82 Å². The van der Waals surface area contributed by atoms with E-state index in [1.807, 2.05) is 37.3 Å². The van der Waals surface area contributed by atoms with Crippen molar-refractivity contribution in [1.82, 2.24) is 14.8 Å². The number of carbonyl (C=O) groups is 1. The Morgan fingerprint density at radius 1 is 1.05 bits per heavy atom. The first kappa shape index (κ1) is 23.7. The molecule has 0 bridgehead atoms. The number of nitrogens with zero attached hydrogens (tertiary/aromatic N) is 4. The third kappa shape index (κ3) is 4.40. The Morgan fingerprint density at radius 3 is 2.46 bits per heavy atom. The smallest absolute Gasteiger partial charge is 0.269 e. The molecule has 1 aromatic heterocycles. The molecule has 37 heavy (non-hydrogen) atoms. The molecule has 1 aliphatic rings. The van der Waals surface area contributed by atoms with Crippen LogP contribution in [0, 0.1) is 17.0 Å². The van der Waals surface area contributed by atoms with E-state index < -0.39 is 11.0 Å². The highest BCUT2D eigenvalue weighted by Crippen LogP contribution is 2.38. The van der Waals surface area contributed by atoms with Gasteiger partial charge in [-0.3, -0.25) is 14.9 Å². The van der Waals surface area contributed by atoms with Gasteiger partial charge in [-0.1, -0.05) is 36.4 Å². The summed E-state index contributed by atoms with van der Waals surface area (Å²) < 4.78 is 7.04. The molecule has 1 unspecified atom stereocenters. The van der Waals surface area contributed by atoms with Gasteiger partial charge in [0, 0.05) is 23.4 Å². The molecule has 10 nitrogen and oxygen atoms in total. The number of hydrogen-bond acceptors (Lipinski definition) is 7. The van der Waals surface area contributed by atoms with Gasteiger partial charge in [0.2, 0.25) is 5.95 Å². The van der Waals surface area contributed by atoms with Crippen molar-refractivity contribution < 1.29 is 14.5 Å². The van der Waals surface area contributed by atoms with Gasteiger partial charge in [-0.2, -0.15) is 4.98 Å². The molecule has 5 rings (SSSR count). The van der Waals surface area contributed by atoms with Crippen molar-refractivity contribution in [3.05, 3.63) is 105 Å². The van der Waals surface area contributed by atoms with Crippen LogP contribution >= 0.6 is 0 Å². The summed E-state index contributed by atoms with van der Waals surface area (Å²) in [5.74, 6) is 1.13. The molecule has 1 aliphatic heterocycles. The largest absolute Gasteiger partial charge is 0.495 e. The summed E-state index contributed by atoms with van der Waals surface area (Å²) in [5, 5.41) is 22.2. The fraction of sp³-hybridized carbons (Fsp3) is 0.148. The number of aryl methyl sites for hydroxylation is 1. The van der Waals surface area contributed by atoms with Crippen molar-refractivity contribution >= 4 is 23.2 Å². The van der Waals surface area contributed by atoms with Crippen molar-refractivity contribution in [2.75, 3.05) is 17.7 Å². The number of non-ortho nitro benzene ring substituents is 1. The average molecular weight is 497 g/mol. The molecule has 0 saturated carbocycles. The normalized spacial score (nSPS) is 14.5. The van der Waals surface area contributed by atoms with Crippen molar-refractivity contribution in [3.63, 3.8) is 0 Å². The Morgan fingerprint density at radius 2 is 1.76 bits per heavy atom. The number of fused-ring (bicyclic) bond motifs is 1. The molecule has 10 heteroatoms. The Labute approximate surface area is 212 Å². The highest BCUT2D eigenvalue weighted by atomic mass is 16.6. The Hall–Kier alpha value is -4.99. The van der Waals surface area contributed by atoms with E-state index in [1.54, 1.807) is 41.9 Å². The molecule has 1 atom stereocenters. The Kier molecular flexibility index (Phi) is 6.14. The van der Waals surface area contributed by atoms with Gasteiger partial charge in [-0.25, -0.2) is 4.68 Å². The van der Waals surface area contributed by atoms with E-state index in [0.29, 0.717) is 40.0 Å². The SMILES string of the molecule is COc1ccccc1NC(=O)C1=C(C)Nc2nc(-c3ccccc3C)nn2C1c1ccc([N+](=O)[O-])cc1. The second-order valence-corrected chi connectivity index (χ2v) is 8.59. The van der Waals surface area contributed by atoms with Crippen molar-refractivity contribution in [2.45, 2.75) is 19.9 Å². The molecule has 0 aliphatic carbocycles. The second kappa shape index (κ2) is 9.57. The molecule has 0 radical (unpaired) electrons. The topological polar surface area (TPSA) is 124 Å². The summed E-state index contributed by atoms with van der Waals surface area (Å²) >= 11 is 0. The minimum atomic E-state index is -0.683. The monoisotopic (exact) mass is 496 g/mol. The quantitative estimate of drug-likeness (QED) is 0.281. The van der Waals surface area contributed by atoms with Gasteiger partial charge in [-0.05, 0) is 49.2 Å². The van der Waals surface area contributed by atoms with E-state index >= 15 is 0 Å². The highest BCUT2D eigenvalue weighted by Gasteiger charge is 2.35. The molecule has 1 amide bonds. The lowest BCUT2D eigenvalue weighted by Gasteiger charge is -2.28. The van der Waals surface area contributed by atoms with Crippen LogP contribution < -0.4 is 15.4 Å². The molecule has 0 spiro atoms. The zero-order valence-corrected chi connectivity index (χ0v) is 20.4. The minimum absolute atomic E-state index is 0.0437. The van der Waals surface area contributed by atoms with Crippen LogP contribution in [0.2, 0.25) is 0 Å². The fourth-order valence-corrected chi connectivity index (χ4v) is 4.41. The van der Waals surface area contributed by atoms with E-state index in [2.05, 4.69) is 10.6 Å². The van der Waals surface area contributed by atoms with E-state index in [4.69, 9.17) is 14.8 Å². The molecule has 0 fully saturated rings. The maximum atomic E-state index is 13.7. The number of nitro benzene ring substituents is 1. The lowest BCUT2D eigenvalue weighted by atomic mass is 9.95. The van der Waals surface area contributed by atoms with Gasteiger partial charge < -0.3 is 15.4 Å². The molecule has 3 aromatic carbocycles. The minimum Gasteiger partial charge on any atom is -0.495 e. The summed E-state index contributed by atoms with van der Waals surface area (Å²) in [6.07, 6.45) is 0. The Bertz CT molecular complexity index is 1540. The summed E-state index contributed by atoms with van der Waals surface area (Å²) in [6.45, 7) is 3.77. The van der Waals surface area contributed by atoms with Gasteiger partial charge in [-0.15, -0.1) is 5.10 Å². The van der Waals surface area contributed by atoms with Crippen LogP contribution in [0.15, 0.2) is 84.1 Å². The molecule has 4 aromatic rings. The van der Waals surface area contributed by atoms with E-state index in [-0.39, 0.29) is 11.6 Å². The van der Waals surface area contributed by atoms with Gasteiger partial charge in [0.25, 0.3) is 11.6 Å². The molecule has 186 valence electrons. The second-order valence-electron chi connectivity index (χ2n) is 8.59. The standard InChI is InChI=1S/C27H24N6O4/c1-16-8-4-5-9-20(16)25-30-27-28-17(2)23(26(34)29-21-10-6-7-11-22(21)37-3)24(32(27)31-25)18-12-14-19(15-13-18)33(35)36/h4-15,24H,1-3H3,(H,29,34)(H,28,30,31). The molecule has 2 heterocycles. The third-order valence-corrected chi connectivity index (χ3v) is 6.26. The number of methoxy groups -OCH3 is 1. The van der Waals surface area contributed by atoms with Crippen molar-refractivity contribution in [1.29, 1.82) is 0 Å². The first-order valence-electron chi connectivity index (χ1n) is 11.6. The van der Waals surface area contributed by atoms with Gasteiger partial charge in [0.05, 0.1) is 23.3 Å². The van der Waals surface area contributed by atoms with Crippen LogP contribution in [0.25, 0.3) is 11.4 Å². The van der Waals surface area contributed by atoms with E-state index in [0.717, 1.165) is 11.1 Å². The predicted molar refractivity (Wildman–Crippen MR) is 139 cm³/mol. The highest BCUT2D eigenvalue weighted by molar-refractivity contribution is 6.06. The first-order chi connectivity index (χ1) is 17.9. The lowest BCUT2D eigenvalue weighted by molar-refractivity contribution is -0.384. The molecular formula is C27H24N6O4. The van der Waals surface area contributed by atoms with Crippen LogP contribution in [0.4, 0.5) is 17.3 Å². The number of aromatic nitrogens is 3. The number of ether oxygens (including phenoxy) is 1. The predicted octanol–water partition coefficient (Wildman–Crippen LogP) is 5.10. The van der Waals surface area contributed by atoms with Crippen molar-refractivity contribution in [3.8, 4) is 17.1 Å². The lowest BCUT2D eigenvalue weighted by Crippen LogP contribution is -2.31. The summed E-state index contributed by atoms with van der Waals surface area (Å²) in [6, 6.07) is 20.3. The number of allylic oxidation sites excluding steroid dienone is 1. The Balaban J connectivity index is 1.62. The zero-order chi connectivity index (χ0) is 26.1. The number of nitro groups is 1. The number of benzene rings is 3. The molecule has 0 saturated heterocycles. The summed E-state index contributed by atoms with van der Waals surface area (Å²) in [7, 11) is 1.53. The third-order valence-electron chi connectivity index (χ3n) is 6.26. The first-order valence-corrected chi connectivity index (χ1v) is 11.6. The fourth-order valence-electron chi connectivity index (χ4n) is 4.41. The summed E-state index contributed by atoms with van der Waals surface area (Å²) in [4.78, 5) is 29.2. The number of anilines is 2. The molecule has 2 N–H and O–H groups in total. The number of nitrogens with one attached hydrogen (secondary N) is 2. The maximum absolute atomic E-state index is 13.7. The van der Waals surface area contributed by atoms with Gasteiger partial charge in [0.1, 0.15) is 11.8 Å². The number of hydrogen-bond donors (Lipinski definition) is 2. The number of amides is 1. The van der Waals surface area contributed by atoms with Crippen LogP contribution in [-0.2, 0) is 4.79 Å². The van der Waals surface area contributed by atoms with Crippen LogP contribution in [-0.4, -0.2) is 32.7 Å². The number of rotatable bonds is 6. The average Bonchev–Trinajstić information content (AvgIpc) is 3.31. The van der Waals surface area contributed by atoms with Crippen LogP contribution in [0.1, 0.15) is 24.1 Å². The van der Waals surface area contributed by atoms with E-state index in [9.17, 15) is 14.9 Å². The molecular weight excluding hydrogens is 472 g/mol. The van der Waals surface area contributed by atoms with Crippen LogP contribution in [0.3, 0.4) is 0 Å². The number of carbonyl (C=O) groups excluding carboxylic acids is 1. The van der Waals surface area contributed by atoms with E-state index in [1.165, 1.54) is 19.2 Å². The summed E-state index contributed by atoms with van der Waals surface area (Å²) in [5.41, 5.74) is 3.99. The maximum Gasteiger partial charge on any atom is 0.269 e.